The van der Waals surface area contributed by atoms with Gasteiger partial charge in [0.05, 0.1) is 51.0 Å². The molecular formula is C39H28Br2ClFN4O8. The van der Waals surface area contributed by atoms with Gasteiger partial charge in [-0.2, -0.15) is 5.01 Å². The number of nitro groups is 1. The Balaban J connectivity index is 1.34. The van der Waals surface area contributed by atoms with E-state index in [1.165, 1.54) is 55.6 Å². The summed E-state index contributed by atoms with van der Waals surface area (Å²) in [5, 5.41) is 23.7. The monoisotopic (exact) mass is 892 g/mol. The van der Waals surface area contributed by atoms with Gasteiger partial charge in [-0.1, -0.05) is 35.4 Å². The molecule has 4 aromatic rings. The smallest absolute Gasteiger partial charge is 0.269 e. The van der Waals surface area contributed by atoms with Gasteiger partial charge < -0.3 is 9.84 Å². The van der Waals surface area contributed by atoms with Crippen molar-refractivity contribution in [1.82, 2.24) is 5.01 Å². The second-order valence-electron chi connectivity index (χ2n) is 13.8. The molecule has 2 saturated heterocycles. The molecule has 1 saturated carbocycles. The highest BCUT2D eigenvalue weighted by Gasteiger charge is 2.70. The highest BCUT2D eigenvalue weighted by atomic mass is 79.9. The van der Waals surface area contributed by atoms with Crippen molar-refractivity contribution in [2.45, 2.75) is 24.2 Å². The van der Waals surface area contributed by atoms with E-state index in [2.05, 4.69) is 37.3 Å². The number of ether oxygens (including phenoxy) is 1. The van der Waals surface area contributed by atoms with Gasteiger partial charge in [0.2, 0.25) is 11.8 Å². The molecular weight excluding hydrogens is 867 g/mol. The van der Waals surface area contributed by atoms with E-state index < -0.39 is 69.4 Å². The molecule has 0 bridgehead atoms. The van der Waals surface area contributed by atoms with Crippen LogP contribution in [0.5, 0.6) is 11.5 Å². The van der Waals surface area contributed by atoms with Crippen LogP contribution in [-0.4, -0.2) is 45.8 Å². The average Bonchev–Trinajstić information content (AvgIpc) is 3.56. The van der Waals surface area contributed by atoms with E-state index in [1.54, 1.807) is 30.3 Å². The molecule has 2 N–H and O–H groups in total. The molecule has 6 atom stereocenters. The second kappa shape index (κ2) is 13.6. The lowest BCUT2D eigenvalue weighted by molar-refractivity contribution is -0.384. The first-order valence-corrected chi connectivity index (χ1v) is 19.0. The number of hydrazine groups is 1. The van der Waals surface area contributed by atoms with Gasteiger partial charge in [0.15, 0.2) is 11.5 Å². The van der Waals surface area contributed by atoms with E-state index in [4.69, 9.17) is 16.3 Å². The minimum absolute atomic E-state index is 0.0145. The molecule has 2 aliphatic heterocycles. The maximum absolute atomic E-state index is 15.4. The number of amides is 4. The molecule has 4 amide bonds. The van der Waals surface area contributed by atoms with Gasteiger partial charge in [0, 0.05) is 27.5 Å². The third-order valence-electron chi connectivity index (χ3n) is 11.3. The molecule has 0 aromatic heterocycles. The number of methoxy groups -OCH3 is 1. The zero-order chi connectivity index (χ0) is 39.1. The number of halogens is 4. The van der Waals surface area contributed by atoms with Crippen LogP contribution in [0.25, 0.3) is 0 Å². The zero-order valence-corrected chi connectivity index (χ0v) is 32.5. The SMILES string of the molecule is COc1cc([C@H]2C3=CC[C@@H]4C(=O)N(c5ccc([N+](=O)[O-])cc5)C(=O)[C@@H]4[C@@H]3C[C@H]3C(=O)N(Nc4ccc(F)cc4)C(=O)[C@@]23c2ccc(Cl)cc2)c(Br)c(Br)c1O. The fraction of sp³-hybridized carbons (Fsp3) is 0.231. The summed E-state index contributed by atoms with van der Waals surface area (Å²) >= 11 is 13.5. The Morgan fingerprint density at radius 2 is 1.62 bits per heavy atom. The Kier molecular flexibility index (Phi) is 9.09. The normalized spacial score (nSPS) is 25.7. The standard InChI is InChI=1S/C39H28Br2ClFN4O8/c1-55-29-17-27(32(40)33(41)34(29)48)31-24-14-15-25-30(37(51)45(35(25)49)22-10-12-23(13-11-22)47(53)54)26(24)16-28-36(50)46(44-21-8-6-20(43)7-9-21)38(52)39(28,31)18-2-4-19(42)5-3-18/h2-14,17,25-26,28,30-31,44,48H,15-16H2,1H3/t25-,26+,28-,30-,31+,39+/m0/s1. The summed E-state index contributed by atoms with van der Waals surface area (Å²) in [6.07, 6.45) is 1.97. The van der Waals surface area contributed by atoms with Gasteiger partial charge in [-0.15, -0.1) is 0 Å². The lowest BCUT2D eigenvalue weighted by Gasteiger charge is -2.51. The number of nitrogens with one attached hydrogen (secondary N) is 1. The van der Waals surface area contributed by atoms with Crippen molar-refractivity contribution < 1.29 is 38.3 Å². The van der Waals surface area contributed by atoms with Gasteiger partial charge in [-0.25, -0.2) is 4.39 Å². The second-order valence-corrected chi connectivity index (χ2v) is 15.8. The molecule has 2 aliphatic carbocycles. The highest BCUT2D eigenvalue weighted by molar-refractivity contribution is 9.13. The van der Waals surface area contributed by atoms with E-state index in [1.807, 2.05) is 6.08 Å². The number of carbonyl (C=O) groups is 4. The van der Waals surface area contributed by atoms with Crippen molar-refractivity contribution in [1.29, 1.82) is 0 Å². The Morgan fingerprint density at radius 1 is 0.945 bits per heavy atom. The topological polar surface area (TPSA) is 159 Å². The minimum Gasteiger partial charge on any atom is -0.503 e. The maximum atomic E-state index is 15.4. The van der Waals surface area contributed by atoms with E-state index in [0.717, 1.165) is 9.91 Å². The Bertz CT molecular complexity index is 2360. The van der Waals surface area contributed by atoms with Gasteiger partial charge in [-0.05, 0) is 116 Å². The summed E-state index contributed by atoms with van der Waals surface area (Å²) in [5.74, 6) is -7.53. The van der Waals surface area contributed by atoms with Crippen LogP contribution in [-0.2, 0) is 24.6 Å². The molecule has 0 unspecified atom stereocenters. The Hall–Kier alpha value is -5.12. The van der Waals surface area contributed by atoms with Crippen molar-refractivity contribution in [2.75, 3.05) is 17.4 Å². The van der Waals surface area contributed by atoms with Crippen LogP contribution in [0.4, 0.5) is 21.5 Å². The van der Waals surface area contributed by atoms with E-state index >= 15 is 4.79 Å². The van der Waals surface area contributed by atoms with Crippen molar-refractivity contribution in [3.8, 4) is 11.5 Å². The molecule has 12 nitrogen and oxygen atoms in total. The number of nitro benzene ring substituents is 1. The quantitative estimate of drug-likeness (QED) is 0.0817. The first kappa shape index (κ1) is 36.8. The number of phenolic OH excluding ortho intramolecular Hbond substituents is 1. The fourth-order valence-corrected chi connectivity index (χ4v) is 10.0. The summed E-state index contributed by atoms with van der Waals surface area (Å²) in [4.78, 5) is 70.7. The molecule has 8 rings (SSSR count). The van der Waals surface area contributed by atoms with Crippen LogP contribution < -0.4 is 15.1 Å². The third-order valence-corrected chi connectivity index (χ3v) is 13.7. The number of allylic oxidation sites excluding steroid dienone is 2. The number of phenols is 1. The molecule has 4 aromatic carbocycles. The highest BCUT2D eigenvalue weighted by Crippen LogP contribution is 2.65. The number of benzene rings is 4. The number of hydrogen-bond acceptors (Lipinski definition) is 9. The average molecular weight is 895 g/mol. The molecule has 3 fully saturated rings. The van der Waals surface area contributed by atoms with Crippen LogP contribution in [0.2, 0.25) is 5.02 Å². The maximum Gasteiger partial charge on any atom is 0.269 e. The minimum atomic E-state index is -1.68. The number of hydrogen-bond donors (Lipinski definition) is 2. The zero-order valence-electron chi connectivity index (χ0n) is 28.5. The molecule has 16 heteroatoms. The van der Waals surface area contributed by atoms with Crippen molar-refractivity contribution >= 4 is 84.2 Å². The largest absolute Gasteiger partial charge is 0.503 e. The fourth-order valence-electron chi connectivity index (χ4n) is 8.96. The predicted molar refractivity (Wildman–Crippen MR) is 205 cm³/mol. The summed E-state index contributed by atoms with van der Waals surface area (Å²) in [7, 11) is 1.37. The molecule has 0 spiro atoms. The molecule has 0 radical (unpaired) electrons. The lowest BCUT2D eigenvalue weighted by atomic mass is 9.49. The molecule has 280 valence electrons. The first-order valence-electron chi connectivity index (χ1n) is 17.0. The van der Waals surface area contributed by atoms with Crippen LogP contribution in [0.15, 0.2) is 99.5 Å². The number of non-ortho nitro benzene ring substituents is 1. The van der Waals surface area contributed by atoms with Crippen LogP contribution in [0.1, 0.15) is 29.9 Å². The van der Waals surface area contributed by atoms with Crippen LogP contribution in [0.3, 0.4) is 0 Å². The number of fused-ring (bicyclic) bond motifs is 4. The molecule has 4 aliphatic rings. The lowest BCUT2D eigenvalue weighted by Crippen LogP contribution is -2.53. The summed E-state index contributed by atoms with van der Waals surface area (Å²) in [6.45, 7) is 0. The number of aromatic hydroxyl groups is 1. The number of anilines is 2. The summed E-state index contributed by atoms with van der Waals surface area (Å²) in [6, 6.07) is 18.5. The summed E-state index contributed by atoms with van der Waals surface area (Å²) in [5.41, 5.74) is 2.99. The van der Waals surface area contributed by atoms with Gasteiger partial charge in [0.25, 0.3) is 17.5 Å². The number of carbonyl (C=O) groups excluding carboxylic acids is 4. The van der Waals surface area contributed by atoms with Crippen molar-refractivity contribution in [3.05, 3.63) is 132 Å². The van der Waals surface area contributed by atoms with E-state index in [-0.39, 0.29) is 45.9 Å². The van der Waals surface area contributed by atoms with Crippen molar-refractivity contribution in [3.63, 3.8) is 0 Å². The number of nitrogens with zero attached hydrogens (tertiary/aromatic N) is 3. The third kappa shape index (κ3) is 5.49. The number of imide groups is 2. The first-order chi connectivity index (χ1) is 26.3. The Morgan fingerprint density at radius 3 is 2.25 bits per heavy atom. The van der Waals surface area contributed by atoms with Crippen molar-refractivity contribution in [2.24, 2.45) is 23.7 Å². The summed E-state index contributed by atoms with van der Waals surface area (Å²) < 4.78 is 20.1. The van der Waals surface area contributed by atoms with Gasteiger partial charge in [0.1, 0.15) is 5.82 Å². The molecule has 2 heterocycles. The van der Waals surface area contributed by atoms with Gasteiger partial charge >= 0.3 is 0 Å². The van der Waals surface area contributed by atoms with Crippen LogP contribution in [0, 0.1) is 39.6 Å². The number of rotatable bonds is 7. The van der Waals surface area contributed by atoms with Gasteiger partial charge in [-0.3, -0.25) is 39.6 Å². The molecule has 55 heavy (non-hydrogen) atoms. The van der Waals surface area contributed by atoms with E-state index in [9.17, 15) is 34.0 Å². The van der Waals surface area contributed by atoms with Crippen LogP contribution >= 0.6 is 43.5 Å². The predicted octanol–water partition coefficient (Wildman–Crippen LogP) is 7.82. The van der Waals surface area contributed by atoms with E-state index in [0.29, 0.717) is 26.2 Å². The Labute approximate surface area is 334 Å².